The van der Waals surface area contributed by atoms with Gasteiger partial charge in [0.1, 0.15) is 0 Å². The maximum absolute atomic E-state index is 11.8. The van der Waals surface area contributed by atoms with Crippen LogP contribution in [0.1, 0.15) is 30.1 Å². The van der Waals surface area contributed by atoms with Crippen LogP contribution in [0.3, 0.4) is 0 Å². The van der Waals surface area contributed by atoms with Gasteiger partial charge in [-0.25, -0.2) is 4.79 Å². The number of carbonyl (C=O) groups excluding carboxylic acids is 1. The Morgan fingerprint density at radius 2 is 1.89 bits per heavy atom. The first-order valence-corrected chi connectivity index (χ1v) is 5.81. The average Bonchev–Trinajstić information content (AvgIpc) is 2.38. The summed E-state index contributed by atoms with van der Waals surface area (Å²) in [5, 5.41) is 17.6. The molecule has 0 atom stereocenters. The van der Waals surface area contributed by atoms with Gasteiger partial charge in [0.25, 0.3) is 0 Å². The van der Waals surface area contributed by atoms with Crippen molar-refractivity contribution in [3.05, 3.63) is 29.8 Å². The zero-order valence-corrected chi connectivity index (χ0v) is 10.5. The fourth-order valence-corrected chi connectivity index (χ4v) is 1.60. The summed E-state index contributed by atoms with van der Waals surface area (Å²) in [5.41, 5.74) is 0.453. The Morgan fingerprint density at radius 1 is 1.21 bits per heavy atom. The summed E-state index contributed by atoms with van der Waals surface area (Å²) in [6.45, 7) is 1.68. The fraction of sp³-hybridized carbons (Fsp3) is 0.308. The number of rotatable bonds is 6. The maximum atomic E-state index is 11.8. The number of hydrogen-bond donors (Lipinski definition) is 2. The number of aliphatic carboxylic acids is 1. The van der Waals surface area contributed by atoms with Crippen LogP contribution in [0.5, 0.6) is 0 Å². The van der Waals surface area contributed by atoms with Gasteiger partial charge in [0, 0.05) is 18.7 Å². The van der Waals surface area contributed by atoms with E-state index in [0.29, 0.717) is 5.69 Å². The van der Waals surface area contributed by atoms with Gasteiger partial charge in [0.2, 0.25) is 5.91 Å². The van der Waals surface area contributed by atoms with E-state index in [4.69, 9.17) is 10.2 Å². The number of hydrogen-bond acceptors (Lipinski definition) is 3. The molecule has 6 heteroatoms. The highest BCUT2D eigenvalue weighted by atomic mass is 16.4. The van der Waals surface area contributed by atoms with Crippen LogP contribution in [0.15, 0.2) is 24.3 Å². The van der Waals surface area contributed by atoms with Crippen molar-refractivity contribution in [3.8, 4) is 0 Å². The number of nitrogens with zero attached hydrogens (tertiary/aromatic N) is 1. The SMILES string of the molecule is CCC(=O)N(CCC(=O)O)c1cccc(C(=O)O)c1. The predicted octanol–water partition coefficient (Wildman–Crippen LogP) is 1.60. The molecule has 1 aromatic rings. The quantitative estimate of drug-likeness (QED) is 0.814. The van der Waals surface area contributed by atoms with Crippen LogP contribution in [0, 0.1) is 0 Å². The number of carboxylic acids is 2. The van der Waals surface area contributed by atoms with E-state index in [2.05, 4.69) is 0 Å². The second-order valence-electron chi connectivity index (χ2n) is 3.90. The predicted molar refractivity (Wildman–Crippen MR) is 68.3 cm³/mol. The summed E-state index contributed by atoms with van der Waals surface area (Å²) < 4.78 is 0. The molecular formula is C13H15NO5. The Hall–Kier alpha value is -2.37. The van der Waals surface area contributed by atoms with Gasteiger partial charge in [-0.05, 0) is 18.2 Å². The van der Waals surface area contributed by atoms with Gasteiger partial charge in [-0.1, -0.05) is 13.0 Å². The molecule has 0 unspecified atom stereocenters. The summed E-state index contributed by atoms with van der Waals surface area (Å²) >= 11 is 0. The van der Waals surface area contributed by atoms with Gasteiger partial charge in [-0.15, -0.1) is 0 Å². The number of amides is 1. The number of carbonyl (C=O) groups is 3. The van der Waals surface area contributed by atoms with E-state index in [0.717, 1.165) is 0 Å². The largest absolute Gasteiger partial charge is 0.481 e. The van der Waals surface area contributed by atoms with Crippen LogP contribution < -0.4 is 4.90 Å². The molecular weight excluding hydrogens is 250 g/mol. The van der Waals surface area contributed by atoms with E-state index in [9.17, 15) is 14.4 Å². The van der Waals surface area contributed by atoms with Crippen molar-refractivity contribution in [2.75, 3.05) is 11.4 Å². The molecule has 1 rings (SSSR count). The van der Waals surface area contributed by atoms with E-state index < -0.39 is 11.9 Å². The lowest BCUT2D eigenvalue weighted by Crippen LogP contribution is -2.32. The van der Waals surface area contributed by atoms with Crippen LogP contribution in [0.4, 0.5) is 5.69 Å². The molecule has 0 radical (unpaired) electrons. The van der Waals surface area contributed by atoms with E-state index in [-0.39, 0.29) is 30.9 Å². The molecule has 0 spiro atoms. The average molecular weight is 265 g/mol. The van der Waals surface area contributed by atoms with Gasteiger partial charge in [0.05, 0.1) is 12.0 Å². The van der Waals surface area contributed by atoms with E-state index in [1.807, 2.05) is 0 Å². The Kier molecular flexibility index (Phi) is 5.05. The van der Waals surface area contributed by atoms with Crippen molar-refractivity contribution in [3.63, 3.8) is 0 Å². The van der Waals surface area contributed by atoms with E-state index in [1.165, 1.54) is 23.1 Å². The summed E-state index contributed by atoms with van der Waals surface area (Å²) in [6.07, 6.45) is 0.0277. The maximum Gasteiger partial charge on any atom is 0.335 e. The van der Waals surface area contributed by atoms with Gasteiger partial charge in [0.15, 0.2) is 0 Å². The summed E-state index contributed by atoms with van der Waals surface area (Å²) in [5.74, 6) is -2.35. The topological polar surface area (TPSA) is 94.9 Å². The number of anilines is 1. The third-order valence-electron chi connectivity index (χ3n) is 2.56. The van der Waals surface area contributed by atoms with Gasteiger partial charge in [-0.2, -0.15) is 0 Å². The third-order valence-corrected chi connectivity index (χ3v) is 2.56. The highest BCUT2D eigenvalue weighted by Crippen LogP contribution is 2.18. The monoisotopic (exact) mass is 265 g/mol. The Balaban J connectivity index is 3.02. The molecule has 1 aromatic carbocycles. The number of benzene rings is 1. The van der Waals surface area contributed by atoms with Gasteiger partial charge in [-0.3, -0.25) is 9.59 Å². The molecule has 0 bridgehead atoms. The molecule has 19 heavy (non-hydrogen) atoms. The smallest absolute Gasteiger partial charge is 0.335 e. The van der Waals surface area contributed by atoms with Gasteiger partial charge < -0.3 is 15.1 Å². The van der Waals surface area contributed by atoms with Crippen molar-refractivity contribution in [2.24, 2.45) is 0 Å². The molecule has 0 aliphatic heterocycles. The Bertz CT molecular complexity index is 498. The zero-order chi connectivity index (χ0) is 14.4. The lowest BCUT2D eigenvalue weighted by atomic mass is 10.1. The molecule has 0 aromatic heterocycles. The highest BCUT2D eigenvalue weighted by Gasteiger charge is 2.16. The first-order chi connectivity index (χ1) is 8.95. The standard InChI is InChI=1S/C13H15NO5/c1-2-11(15)14(7-6-12(16)17)10-5-3-4-9(8-10)13(18)19/h3-5,8H,2,6-7H2,1H3,(H,16,17)(H,18,19). The molecule has 0 heterocycles. The fourth-order valence-electron chi connectivity index (χ4n) is 1.60. The van der Waals surface area contributed by atoms with Crippen LogP contribution >= 0.6 is 0 Å². The van der Waals surface area contributed by atoms with Crippen molar-refractivity contribution in [2.45, 2.75) is 19.8 Å². The summed E-state index contributed by atoms with van der Waals surface area (Å²) in [7, 11) is 0. The minimum absolute atomic E-state index is 0.0189. The molecule has 0 saturated heterocycles. The van der Waals surface area contributed by atoms with Crippen LogP contribution in [-0.2, 0) is 9.59 Å². The molecule has 0 aliphatic carbocycles. The number of carboxylic acid groups (broad SMARTS) is 2. The first kappa shape index (κ1) is 14.7. The van der Waals surface area contributed by atoms with E-state index in [1.54, 1.807) is 13.0 Å². The molecule has 2 N–H and O–H groups in total. The second-order valence-corrected chi connectivity index (χ2v) is 3.90. The van der Waals surface area contributed by atoms with Crippen molar-refractivity contribution >= 4 is 23.5 Å². The van der Waals surface area contributed by atoms with Crippen LogP contribution in [0.25, 0.3) is 0 Å². The molecule has 0 aliphatic rings. The zero-order valence-electron chi connectivity index (χ0n) is 10.5. The third kappa shape index (κ3) is 4.09. The second kappa shape index (κ2) is 6.53. The lowest BCUT2D eigenvalue weighted by Gasteiger charge is -2.21. The Labute approximate surface area is 110 Å². The molecule has 102 valence electrons. The van der Waals surface area contributed by atoms with Crippen molar-refractivity contribution in [1.82, 2.24) is 0 Å². The summed E-state index contributed by atoms with van der Waals surface area (Å²) in [4.78, 5) is 34.6. The summed E-state index contributed by atoms with van der Waals surface area (Å²) in [6, 6.07) is 5.88. The van der Waals surface area contributed by atoms with Crippen molar-refractivity contribution in [1.29, 1.82) is 0 Å². The lowest BCUT2D eigenvalue weighted by molar-refractivity contribution is -0.136. The minimum Gasteiger partial charge on any atom is -0.481 e. The van der Waals surface area contributed by atoms with Crippen LogP contribution in [0.2, 0.25) is 0 Å². The van der Waals surface area contributed by atoms with Crippen LogP contribution in [-0.4, -0.2) is 34.6 Å². The first-order valence-electron chi connectivity index (χ1n) is 5.81. The van der Waals surface area contributed by atoms with Crippen molar-refractivity contribution < 1.29 is 24.6 Å². The molecule has 6 nitrogen and oxygen atoms in total. The normalized spacial score (nSPS) is 9.95. The minimum atomic E-state index is -1.09. The highest BCUT2D eigenvalue weighted by molar-refractivity contribution is 5.95. The van der Waals surface area contributed by atoms with E-state index >= 15 is 0 Å². The molecule has 0 fully saturated rings. The van der Waals surface area contributed by atoms with Gasteiger partial charge >= 0.3 is 11.9 Å². The molecule has 1 amide bonds. The Morgan fingerprint density at radius 3 is 2.42 bits per heavy atom. The number of aromatic carboxylic acids is 1. The molecule has 0 saturated carbocycles.